The van der Waals surface area contributed by atoms with E-state index in [1.54, 1.807) is 0 Å². The van der Waals surface area contributed by atoms with E-state index < -0.39 is 29.6 Å². The van der Waals surface area contributed by atoms with Crippen molar-refractivity contribution in [2.45, 2.75) is 13.0 Å². The maximum atomic E-state index is 14.3. The van der Waals surface area contributed by atoms with E-state index in [0.29, 0.717) is 6.61 Å². The predicted molar refractivity (Wildman–Crippen MR) is 85.0 cm³/mol. The molecule has 1 aromatic rings. The largest absolute Gasteiger partial charge is 0.370 e. The Balaban J connectivity index is 2.14. The van der Waals surface area contributed by atoms with E-state index >= 15 is 0 Å². The molecular formula is C15H17FN4O5. The highest BCUT2D eigenvalue weighted by molar-refractivity contribution is 6.11. The molecule has 0 saturated carbocycles. The maximum absolute atomic E-state index is 14.3. The summed E-state index contributed by atoms with van der Waals surface area (Å²) in [6.45, 7) is 1.50. The van der Waals surface area contributed by atoms with Gasteiger partial charge in [-0.1, -0.05) is 0 Å². The zero-order chi connectivity index (χ0) is 18.6. The van der Waals surface area contributed by atoms with E-state index in [1.807, 2.05) is 0 Å². The number of benzene rings is 1. The molecule has 9 nitrogen and oxygen atoms in total. The molecule has 134 valence electrons. The van der Waals surface area contributed by atoms with Crippen molar-refractivity contribution in [3.63, 3.8) is 0 Å². The molecule has 1 saturated heterocycles. The van der Waals surface area contributed by atoms with Crippen LogP contribution in [0.25, 0.3) is 0 Å². The first-order chi connectivity index (χ1) is 11.8. The third kappa shape index (κ3) is 4.51. The van der Waals surface area contributed by atoms with Gasteiger partial charge in [0.05, 0.1) is 12.3 Å². The quantitative estimate of drug-likeness (QED) is 0.592. The zero-order valence-corrected chi connectivity index (χ0v) is 13.4. The Kier molecular flexibility index (Phi) is 5.65. The van der Waals surface area contributed by atoms with Crippen molar-refractivity contribution in [2.24, 2.45) is 5.73 Å². The van der Waals surface area contributed by atoms with Crippen LogP contribution in [0.1, 0.15) is 6.92 Å². The van der Waals surface area contributed by atoms with Crippen LogP contribution in [0.4, 0.5) is 15.8 Å². The van der Waals surface area contributed by atoms with Crippen molar-refractivity contribution in [3.05, 3.63) is 24.0 Å². The minimum Gasteiger partial charge on any atom is -0.370 e. The van der Waals surface area contributed by atoms with Crippen molar-refractivity contribution in [1.29, 1.82) is 0 Å². The summed E-state index contributed by atoms with van der Waals surface area (Å²) in [5, 5.41) is 4.39. The van der Waals surface area contributed by atoms with Crippen LogP contribution < -0.4 is 21.3 Å². The Morgan fingerprint density at radius 2 is 2.08 bits per heavy atom. The molecule has 0 spiro atoms. The molecule has 0 aromatic heterocycles. The topological polar surface area (TPSA) is 131 Å². The molecule has 0 aliphatic carbocycles. The first kappa shape index (κ1) is 18.3. The summed E-state index contributed by atoms with van der Waals surface area (Å²) in [5.41, 5.74) is 5.16. The molecule has 1 atom stereocenters. The van der Waals surface area contributed by atoms with E-state index in [0.717, 1.165) is 13.0 Å². The van der Waals surface area contributed by atoms with Gasteiger partial charge in [0.15, 0.2) is 6.04 Å². The fourth-order valence-corrected chi connectivity index (χ4v) is 2.26. The van der Waals surface area contributed by atoms with Crippen LogP contribution in [0, 0.1) is 5.82 Å². The number of hydrogen-bond donors (Lipinski definition) is 3. The molecule has 1 aromatic carbocycles. The molecule has 1 heterocycles. The van der Waals surface area contributed by atoms with Crippen LogP contribution in [0.3, 0.4) is 0 Å². The number of morpholine rings is 1. The van der Waals surface area contributed by atoms with Gasteiger partial charge in [-0.2, -0.15) is 0 Å². The first-order valence-electron chi connectivity index (χ1n) is 7.34. The number of primary amides is 1. The Labute approximate surface area is 142 Å². The van der Waals surface area contributed by atoms with Gasteiger partial charge >= 0.3 is 0 Å². The first-order valence-corrected chi connectivity index (χ1v) is 7.34. The zero-order valence-electron chi connectivity index (χ0n) is 13.4. The van der Waals surface area contributed by atoms with Gasteiger partial charge in [0.2, 0.25) is 11.8 Å². The van der Waals surface area contributed by atoms with Gasteiger partial charge in [-0.25, -0.2) is 4.39 Å². The number of rotatable bonds is 5. The third-order valence-electron chi connectivity index (χ3n) is 3.39. The van der Waals surface area contributed by atoms with E-state index in [1.165, 1.54) is 17.0 Å². The van der Waals surface area contributed by atoms with Crippen LogP contribution in [0.2, 0.25) is 0 Å². The number of nitrogens with zero attached hydrogens (tertiary/aromatic N) is 1. The van der Waals surface area contributed by atoms with Crippen LogP contribution in [-0.2, 0) is 23.9 Å². The molecule has 10 heteroatoms. The van der Waals surface area contributed by atoms with Crippen LogP contribution in [0.15, 0.2) is 18.2 Å². The van der Waals surface area contributed by atoms with Gasteiger partial charge in [-0.05, 0) is 18.2 Å². The average molecular weight is 352 g/mol. The Morgan fingerprint density at radius 1 is 1.36 bits per heavy atom. The number of halogens is 1. The predicted octanol–water partition coefficient (Wildman–Crippen LogP) is -0.883. The lowest BCUT2D eigenvalue weighted by Crippen LogP contribution is -2.51. The van der Waals surface area contributed by atoms with Crippen molar-refractivity contribution in [2.75, 3.05) is 30.0 Å². The fourth-order valence-electron chi connectivity index (χ4n) is 2.26. The average Bonchev–Trinajstić information content (AvgIpc) is 2.53. The number of ether oxygens (including phenoxy) is 1. The second-order valence-electron chi connectivity index (χ2n) is 5.29. The van der Waals surface area contributed by atoms with Crippen molar-refractivity contribution >= 4 is 35.0 Å². The van der Waals surface area contributed by atoms with Crippen molar-refractivity contribution < 1.29 is 28.3 Å². The SMILES string of the molecule is CC(=O)N[C@@H](C(N)=O)C(=O)Nc1ccc(N2CCOCC2=O)c(F)c1. The number of carbonyl (C=O) groups is 4. The van der Waals surface area contributed by atoms with Crippen molar-refractivity contribution in [1.82, 2.24) is 5.32 Å². The molecule has 1 aliphatic rings. The highest BCUT2D eigenvalue weighted by Gasteiger charge is 2.26. The second kappa shape index (κ2) is 7.71. The van der Waals surface area contributed by atoms with Gasteiger partial charge in [0, 0.05) is 19.2 Å². The van der Waals surface area contributed by atoms with Crippen LogP contribution in [0.5, 0.6) is 0 Å². The summed E-state index contributed by atoms with van der Waals surface area (Å²) in [6, 6.07) is 2.11. The number of nitrogens with one attached hydrogen (secondary N) is 2. The standard InChI is InChI=1S/C15H17FN4O5/c1-8(21)18-13(14(17)23)15(24)19-9-2-3-11(10(16)6-9)20-4-5-25-7-12(20)22/h2-3,6,13H,4-5,7H2,1H3,(H2,17,23)(H,18,21)(H,19,24)/t13-/m0/s1. The smallest absolute Gasteiger partial charge is 0.256 e. The molecule has 25 heavy (non-hydrogen) atoms. The normalized spacial score (nSPS) is 15.4. The fraction of sp³-hybridized carbons (Fsp3) is 0.333. The Bertz CT molecular complexity index is 724. The number of hydrogen-bond acceptors (Lipinski definition) is 5. The summed E-state index contributed by atoms with van der Waals surface area (Å²) in [7, 11) is 0. The minimum atomic E-state index is -1.58. The summed E-state index contributed by atoms with van der Waals surface area (Å²) in [6.07, 6.45) is 0. The molecule has 0 radical (unpaired) electrons. The molecular weight excluding hydrogens is 335 g/mol. The molecule has 4 N–H and O–H groups in total. The third-order valence-corrected chi connectivity index (χ3v) is 3.39. The molecule has 1 aliphatic heterocycles. The summed E-state index contributed by atoms with van der Waals surface area (Å²) >= 11 is 0. The van der Waals surface area contributed by atoms with Crippen LogP contribution >= 0.6 is 0 Å². The van der Waals surface area contributed by atoms with Crippen molar-refractivity contribution in [3.8, 4) is 0 Å². The van der Waals surface area contributed by atoms with Gasteiger partial charge in [-0.15, -0.1) is 0 Å². The molecule has 0 unspecified atom stereocenters. The molecule has 2 rings (SSSR count). The molecule has 4 amide bonds. The summed E-state index contributed by atoms with van der Waals surface area (Å²) in [4.78, 5) is 47.3. The Hall–Kier alpha value is -3.01. The number of nitrogens with two attached hydrogens (primary N) is 1. The molecule has 0 bridgehead atoms. The van der Waals surface area contributed by atoms with Gasteiger partial charge < -0.3 is 26.0 Å². The number of amides is 4. The lowest BCUT2D eigenvalue weighted by Gasteiger charge is -2.27. The van der Waals surface area contributed by atoms with E-state index in [-0.39, 0.29) is 30.4 Å². The van der Waals surface area contributed by atoms with E-state index in [4.69, 9.17) is 10.5 Å². The second-order valence-corrected chi connectivity index (χ2v) is 5.29. The maximum Gasteiger partial charge on any atom is 0.256 e. The van der Waals surface area contributed by atoms with Gasteiger partial charge in [0.25, 0.3) is 11.8 Å². The van der Waals surface area contributed by atoms with Crippen LogP contribution in [-0.4, -0.2) is 49.4 Å². The Morgan fingerprint density at radius 3 is 2.64 bits per heavy atom. The lowest BCUT2D eigenvalue weighted by atomic mass is 10.2. The highest BCUT2D eigenvalue weighted by Crippen LogP contribution is 2.24. The van der Waals surface area contributed by atoms with E-state index in [2.05, 4.69) is 10.6 Å². The summed E-state index contributed by atoms with van der Waals surface area (Å²) in [5.74, 6) is -3.68. The number of carbonyl (C=O) groups excluding carboxylic acids is 4. The summed E-state index contributed by atoms with van der Waals surface area (Å²) < 4.78 is 19.3. The minimum absolute atomic E-state index is 0.0450. The van der Waals surface area contributed by atoms with Gasteiger partial charge in [0.1, 0.15) is 12.4 Å². The monoisotopic (exact) mass is 352 g/mol. The highest BCUT2D eigenvalue weighted by atomic mass is 19.1. The molecule has 1 fully saturated rings. The van der Waals surface area contributed by atoms with Gasteiger partial charge in [-0.3, -0.25) is 19.2 Å². The lowest BCUT2D eigenvalue weighted by molar-refractivity contribution is -0.132. The van der Waals surface area contributed by atoms with E-state index in [9.17, 15) is 23.6 Å². The number of anilines is 2.